The van der Waals surface area contributed by atoms with E-state index in [2.05, 4.69) is 22.2 Å². The van der Waals surface area contributed by atoms with Gasteiger partial charge in [0, 0.05) is 25.6 Å². The molecule has 0 radical (unpaired) electrons. The van der Waals surface area contributed by atoms with Crippen LogP contribution in [0.15, 0.2) is 6.20 Å². The van der Waals surface area contributed by atoms with Crippen molar-refractivity contribution in [2.45, 2.75) is 19.8 Å². The molecule has 2 heterocycles. The van der Waals surface area contributed by atoms with Crippen molar-refractivity contribution < 1.29 is 4.74 Å². The van der Waals surface area contributed by atoms with E-state index in [4.69, 9.17) is 4.74 Å². The third kappa shape index (κ3) is 2.25. The molecule has 0 aliphatic rings. The molecule has 0 spiro atoms. The fourth-order valence-corrected chi connectivity index (χ4v) is 2.81. The van der Waals surface area contributed by atoms with Crippen LogP contribution in [0, 0.1) is 6.92 Å². The van der Waals surface area contributed by atoms with Gasteiger partial charge >= 0.3 is 0 Å². The van der Waals surface area contributed by atoms with E-state index in [1.807, 2.05) is 20.2 Å². The molecule has 0 amide bonds. The number of aryl methyl sites for hydroxylation is 1. The van der Waals surface area contributed by atoms with Crippen molar-refractivity contribution in [1.82, 2.24) is 9.97 Å². The number of anilines is 1. The van der Waals surface area contributed by atoms with Crippen LogP contribution in [0.4, 0.5) is 5.69 Å². The second-order valence-corrected chi connectivity index (χ2v) is 5.26. The number of nitrogens with one attached hydrogen (secondary N) is 1. The average Bonchev–Trinajstić information content (AvgIpc) is 2.67. The minimum absolute atomic E-state index is 0.300. The van der Waals surface area contributed by atoms with E-state index in [1.165, 1.54) is 5.56 Å². The molecule has 92 valence electrons. The number of rotatable bonds is 4. The predicted octanol–water partition coefficient (Wildman–Crippen LogP) is 2.79. The van der Waals surface area contributed by atoms with Crippen molar-refractivity contribution in [3.05, 3.63) is 16.8 Å². The smallest absolute Gasteiger partial charge is 0.143 e. The van der Waals surface area contributed by atoms with Gasteiger partial charge in [0.25, 0.3) is 0 Å². The summed E-state index contributed by atoms with van der Waals surface area (Å²) in [6.45, 7) is 4.84. The summed E-state index contributed by atoms with van der Waals surface area (Å²) in [5.74, 6) is 0.300. The van der Waals surface area contributed by atoms with Crippen LogP contribution in [0.1, 0.15) is 23.4 Å². The van der Waals surface area contributed by atoms with E-state index in [0.717, 1.165) is 21.0 Å². The van der Waals surface area contributed by atoms with Gasteiger partial charge in [-0.3, -0.25) is 0 Å². The summed E-state index contributed by atoms with van der Waals surface area (Å²) >= 11 is 1.63. The molecule has 0 aliphatic carbocycles. The van der Waals surface area contributed by atoms with Gasteiger partial charge in [-0.25, -0.2) is 9.97 Å². The van der Waals surface area contributed by atoms with Gasteiger partial charge in [-0.05, 0) is 6.92 Å². The maximum Gasteiger partial charge on any atom is 0.143 e. The molecular formula is C12H17N3OS. The van der Waals surface area contributed by atoms with Crippen LogP contribution < -0.4 is 5.32 Å². The Morgan fingerprint density at radius 2 is 2.29 bits per heavy atom. The van der Waals surface area contributed by atoms with Gasteiger partial charge in [0.15, 0.2) is 0 Å². The molecule has 2 aromatic rings. The Morgan fingerprint density at radius 1 is 1.53 bits per heavy atom. The Kier molecular flexibility index (Phi) is 3.59. The van der Waals surface area contributed by atoms with Crippen molar-refractivity contribution in [1.29, 1.82) is 0 Å². The number of nitrogens with zero attached hydrogens (tertiary/aromatic N) is 2. The fraction of sp³-hybridized carbons (Fsp3) is 0.500. The Hall–Kier alpha value is -1.20. The number of methoxy groups -OCH3 is 1. The van der Waals surface area contributed by atoms with E-state index in [9.17, 15) is 0 Å². The number of hydrogen-bond acceptors (Lipinski definition) is 5. The molecule has 5 heteroatoms. The maximum atomic E-state index is 5.24. The second kappa shape index (κ2) is 4.98. The Labute approximate surface area is 105 Å². The highest BCUT2D eigenvalue weighted by molar-refractivity contribution is 7.18. The highest BCUT2D eigenvalue weighted by atomic mass is 32.1. The quantitative estimate of drug-likeness (QED) is 0.907. The zero-order valence-corrected chi connectivity index (χ0v) is 11.4. The molecule has 0 saturated heterocycles. The van der Waals surface area contributed by atoms with Gasteiger partial charge in [-0.1, -0.05) is 18.3 Å². The Morgan fingerprint density at radius 3 is 2.94 bits per heavy atom. The lowest BCUT2D eigenvalue weighted by molar-refractivity contribution is 0.184. The second-order valence-electron chi connectivity index (χ2n) is 4.08. The van der Waals surface area contributed by atoms with E-state index in [-0.39, 0.29) is 0 Å². The zero-order valence-electron chi connectivity index (χ0n) is 10.6. The molecule has 2 aromatic heterocycles. The molecule has 0 aliphatic heterocycles. The van der Waals surface area contributed by atoms with Gasteiger partial charge in [0.2, 0.25) is 0 Å². The highest BCUT2D eigenvalue weighted by Crippen LogP contribution is 2.33. The Bertz CT molecular complexity index is 524. The molecule has 1 N–H and O–H groups in total. The molecule has 1 unspecified atom stereocenters. The van der Waals surface area contributed by atoms with Crippen molar-refractivity contribution in [3.8, 4) is 0 Å². The lowest BCUT2D eigenvalue weighted by Gasteiger charge is -2.15. The SMILES string of the molecule is CNc1cnc2sc(C)nc2c1C(C)COC. The van der Waals surface area contributed by atoms with Crippen LogP contribution in [-0.2, 0) is 4.74 Å². The number of hydrogen-bond donors (Lipinski definition) is 1. The lowest BCUT2D eigenvalue weighted by atomic mass is 10.0. The number of fused-ring (bicyclic) bond motifs is 1. The summed E-state index contributed by atoms with van der Waals surface area (Å²) < 4.78 is 5.24. The average molecular weight is 251 g/mol. The first-order valence-corrected chi connectivity index (χ1v) is 6.41. The van der Waals surface area contributed by atoms with Gasteiger partial charge < -0.3 is 10.1 Å². The molecule has 2 rings (SSSR count). The van der Waals surface area contributed by atoms with Crippen LogP contribution in [-0.4, -0.2) is 30.7 Å². The Balaban J connectivity index is 2.61. The maximum absolute atomic E-state index is 5.24. The van der Waals surface area contributed by atoms with Crippen molar-refractivity contribution in [3.63, 3.8) is 0 Å². The summed E-state index contributed by atoms with van der Waals surface area (Å²) in [7, 11) is 3.63. The number of aromatic nitrogens is 2. The van der Waals surface area contributed by atoms with Crippen LogP contribution in [0.3, 0.4) is 0 Å². The van der Waals surface area contributed by atoms with E-state index in [0.29, 0.717) is 12.5 Å². The van der Waals surface area contributed by atoms with Crippen LogP contribution in [0.25, 0.3) is 10.3 Å². The molecule has 0 fully saturated rings. The van der Waals surface area contributed by atoms with E-state index >= 15 is 0 Å². The van der Waals surface area contributed by atoms with Gasteiger partial charge in [-0.2, -0.15) is 0 Å². The molecular weight excluding hydrogens is 234 g/mol. The topological polar surface area (TPSA) is 47.0 Å². The van der Waals surface area contributed by atoms with E-state index < -0.39 is 0 Å². The largest absolute Gasteiger partial charge is 0.387 e. The molecule has 0 bridgehead atoms. The molecule has 0 saturated carbocycles. The molecule has 0 aromatic carbocycles. The number of ether oxygens (including phenoxy) is 1. The zero-order chi connectivity index (χ0) is 12.4. The number of thiazole rings is 1. The monoisotopic (exact) mass is 251 g/mol. The minimum Gasteiger partial charge on any atom is -0.387 e. The van der Waals surface area contributed by atoms with Gasteiger partial charge in [0.1, 0.15) is 10.3 Å². The molecule has 17 heavy (non-hydrogen) atoms. The predicted molar refractivity (Wildman–Crippen MR) is 72.0 cm³/mol. The molecule has 1 atom stereocenters. The van der Waals surface area contributed by atoms with Gasteiger partial charge in [-0.15, -0.1) is 0 Å². The first-order chi connectivity index (χ1) is 8.17. The summed E-state index contributed by atoms with van der Waals surface area (Å²) in [5.41, 5.74) is 3.24. The van der Waals surface area contributed by atoms with Crippen molar-refractivity contribution >= 4 is 27.4 Å². The van der Waals surface area contributed by atoms with Crippen LogP contribution in [0.2, 0.25) is 0 Å². The van der Waals surface area contributed by atoms with Crippen molar-refractivity contribution in [2.75, 3.05) is 26.1 Å². The standard InChI is InChI=1S/C12H17N3OS/c1-7(6-16-4)10-9(13-3)5-14-12-11(10)15-8(2)17-12/h5,7,13H,6H2,1-4H3. The minimum atomic E-state index is 0.300. The summed E-state index contributed by atoms with van der Waals surface area (Å²) in [5, 5.41) is 4.23. The van der Waals surface area contributed by atoms with E-state index in [1.54, 1.807) is 18.4 Å². The first kappa shape index (κ1) is 12.3. The normalized spacial score (nSPS) is 12.9. The van der Waals surface area contributed by atoms with Crippen LogP contribution >= 0.6 is 11.3 Å². The first-order valence-electron chi connectivity index (χ1n) is 5.60. The molecule has 4 nitrogen and oxygen atoms in total. The van der Waals surface area contributed by atoms with Crippen molar-refractivity contribution in [2.24, 2.45) is 0 Å². The third-order valence-electron chi connectivity index (χ3n) is 2.75. The van der Waals surface area contributed by atoms with Gasteiger partial charge in [0.05, 0.1) is 23.5 Å². The third-order valence-corrected chi connectivity index (χ3v) is 3.63. The number of pyridine rings is 1. The summed E-state index contributed by atoms with van der Waals surface area (Å²) in [4.78, 5) is 10.0. The highest BCUT2D eigenvalue weighted by Gasteiger charge is 2.17. The lowest BCUT2D eigenvalue weighted by Crippen LogP contribution is -2.07. The fourth-order valence-electron chi connectivity index (χ4n) is 2.03. The summed E-state index contributed by atoms with van der Waals surface area (Å²) in [6, 6.07) is 0. The van der Waals surface area contributed by atoms with Crippen LogP contribution in [0.5, 0.6) is 0 Å². The summed E-state index contributed by atoms with van der Waals surface area (Å²) in [6.07, 6.45) is 1.88.